The maximum absolute atomic E-state index is 11.6. The summed E-state index contributed by atoms with van der Waals surface area (Å²) >= 11 is 0. The van der Waals surface area contributed by atoms with Gasteiger partial charge in [-0.05, 0) is 18.8 Å². The van der Waals surface area contributed by atoms with Crippen LogP contribution in [0.15, 0.2) is 0 Å². The molecule has 0 radical (unpaired) electrons. The fourth-order valence-corrected chi connectivity index (χ4v) is 1.76. The van der Waals surface area contributed by atoms with Crippen molar-refractivity contribution < 1.29 is 24.2 Å². The minimum absolute atomic E-state index is 0.0341. The van der Waals surface area contributed by atoms with E-state index >= 15 is 0 Å². The molecule has 0 aromatic rings. The lowest BCUT2D eigenvalue weighted by Crippen LogP contribution is -2.46. The van der Waals surface area contributed by atoms with Crippen molar-refractivity contribution >= 4 is 11.9 Å². The smallest absolute Gasteiger partial charge is 0.326 e. The molecule has 0 aliphatic carbocycles. The van der Waals surface area contributed by atoms with Crippen LogP contribution in [-0.2, 0) is 19.1 Å². The summed E-state index contributed by atoms with van der Waals surface area (Å²) in [7, 11) is 0. The molecule has 0 saturated carbocycles. The fraction of sp³-hybridized carbons (Fsp3) is 0.833. The lowest BCUT2D eigenvalue weighted by atomic mass is 10.1. The van der Waals surface area contributed by atoms with Gasteiger partial charge in [0.1, 0.15) is 12.6 Å². The van der Waals surface area contributed by atoms with Gasteiger partial charge in [0, 0.05) is 13.2 Å². The first-order chi connectivity index (χ1) is 8.50. The largest absolute Gasteiger partial charge is 0.480 e. The van der Waals surface area contributed by atoms with Crippen molar-refractivity contribution in [2.24, 2.45) is 5.92 Å². The summed E-state index contributed by atoms with van der Waals surface area (Å²) in [5.74, 6) is -1.57. The van der Waals surface area contributed by atoms with Gasteiger partial charge in [0.05, 0.1) is 6.10 Å². The lowest BCUT2D eigenvalue weighted by molar-refractivity contribution is -0.144. The summed E-state index contributed by atoms with van der Waals surface area (Å²) < 4.78 is 10.6. The van der Waals surface area contributed by atoms with Crippen molar-refractivity contribution in [2.75, 3.05) is 19.8 Å². The van der Waals surface area contributed by atoms with Crippen LogP contribution in [0.5, 0.6) is 0 Å². The number of carbonyl (C=O) groups excluding carboxylic acids is 1. The van der Waals surface area contributed by atoms with Crippen molar-refractivity contribution in [1.82, 2.24) is 5.32 Å². The number of hydrogen-bond donors (Lipinski definition) is 2. The number of carboxylic acid groups (broad SMARTS) is 1. The van der Waals surface area contributed by atoms with Crippen LogP contribution in [0.4, 0.5) is 0 Å². The highest BCUT2D eigenvalue weighted by atomic mass is 16.5. The number of carbonyl (C=O) groups is 2. The number of carboxylic acids is 1. The first-order valence-corrected chi connectivity index (χ1v) is 6.22. The van der Waals surface area contributed by atoms with Crippen LogP contribution in [0.1, 0.15) is 26.7 Å². The molecule has 1 aliphatic rings. The van der Waals surface area contributed by atoms with Crippen molar-refractivity contribution in [2.45, 2.75) is 38.8 Å². The van der Waals surface area contributed by atoms with E-state index in [4.69, 9.17) is 14.6 Å². The maximum Gasteiger partial charge on any atom is 0.326 e. The summed E-state index contributed by atoms with van der Waals surface area (Å²) in [6, 6.07) is -0.865. The van der Waals surface area contributed by atoms with Crippen molar-refractivity contribution in [3.8, 4) is 0 Å². The van der Waals surface area contributed by atoms with E-state index in [1.807, 2.05) is 0 Å². The number of rotatable bonds is 6. The van der Waals surface area contributed by atoms with Gasteiger partial charge >= 0.3 is 5.97 Å². The van der Waals surface area contributed by atoms with E-state index in [0.29, 0.717) is 13.2 Å². The highest BCUT2D eigenvalue weighted by Gasteiger charge is 2.24. The molecule has 0 aromatic carbocycles. The topological polar surface area (TPSA) is 84.9 Å². The van der Waals surface area contributed by atoms with Crippen LogP contribution in [0, 0.1) is 5.92 Å². The second-order valence-electron chi connectivity index (χ2n) is 4.75. The Morgan fingerprint density at radius 2 is 2.00 bits per heavy atom. The zero-order valence-corrected chi connectivity index (χ0v) is 10.8. The SMILES string of the molecule is CC(C)[C@H](NC(=O)COC1CCOCC1)C(=O)O. The molecule has 1 heterocycles. The number of hydrogen-bond acceptors (Lipinski definition) is 4. The Labute approximate surface area is 107 Å². The lowest BCUT2D eigenvalue weighted by Gasteiger charge is -2.23. The van der Waals surface area contributed by atoms with Gasteiger partial charge in [0.2, 0.25) is 5.91 Å². The van der Waals surface area contributed by atoms with Crippen LogP contribution < -0.4 is 5.32 Å². The fourth-order valence-electron chi connectivity index (χ4n) is 1.76. The van der Waals surface area contributed by atoms with E-state index in [1.54, 1.807) is 13.8 Å². The Kier molecular flexibility index (Phi) is 6.07. The average Bonchev–Trinajstić information content (AvgIpc) is 2.34. The van der Waals surface area contributed by atoms with E-state index in [1.165, 1.54) is 0 Å². The molecule has 1 fully saturated rings. The summed E-state index contributed by atoms with van der Waals surface area (Å²) in [6.07, 6.45) is 1.59. The van der Waals surface area contributed by atoms with E-state index in [-0.39, 0.29) is 24.5 Å². The minimum Gasteiger partial charge on any atom is -0.480 e. The monoisotopic (exact) mass is 259 g/mol. The molecule has 104 valence electrons. The minimum atomic E-state index is -1.02. The van der Waals surface area contributed by atoms with Crippen molar-refractivity contribution in [3.05, 3.63) is 0 Å². The third-order valence-corrected chi connectivity index (χ3v) is 2.87. The second-order valence-corrected chi connectivity index (χ2v) is 4.75. The molecule has 0 unspecified atom stereocenters. The van der Waals surface area contributed by atoms with Crippen molar-refractivity contribution in [3.63, 3.8) is 0 Å². The quantitative estimate of drug-likeness (QED) is 0.721. The summed E-state index contributed by atoms with van der Waals surface area (Å²) in [5, 5.41) is 11.4. The number of ether oxygens (including phenoxy) is 2. The van der Waals surface area contributed by atoms with Gasteiger partial charge in [-0.15, -0.1) is 0 Å². The molecule has 0 spiro atoms. The zero-order valence-electron chi connectivity index (χ0n) is 10.8. The molecule has 6 heteroatoms. The standard InChI is InChI=1S/C12H21NO5/c1-8(2)11(12(15)16)13-10(14)7-18-9-3-5-17-6-4-9/h8-9,11H,3-7H2,1-2H3,(H,13,14)(H,15,16)/t11-/m0/s1. The summed E-state index contributed by atoms with van der Waals surface area (Å²) in [6.45, 7) is 4.70. The number of amides is 1. The average molecular weight is 259 g/mol. The summed E-state index contributed by atoms with van der Waals surface area (Å²) in [4.78, 5) is 22.5. The van der Waals surface area contributed by atoms with Gasteiger partial charge in [-0.25, -0.2) is 4.79 Å². The number of nitrogens with one attached hydrogen (secondary N) is 1. The van der Waals surface area contributed by atoms with Gasteiger partial charge in [-0.3, -0.25) is 4.79 Å². The molecule has 1 saturated heterocycles. The van der Waals surface area contributed by atoms with Gasteiger partial charge in [-0.1, -0.05) is 13.8 Å². The van der Waals surface area contributed by atoms with E-state index in [9.17, 15) is 9.59 Å². The van der Waals surface area contributed by atoms with Crippen LogP contribution in [0.25, 0.3) is 0 Å². The van der Waals surface area contributed by atoms with Gasteiger partial charge in [0.15, 0.2) is 0 Å². The zero-order chi connectivity index (χ0) is 13.5. The molecule has 1 atom stereocenters. The normalized spacial score (nSPS) is 18.6. The van der Waals surface area contributed by atoms with Gasteiger partial charge < -0.3 is 19.9 Å². The molecule has 0 aromatic heterocycles. The van der Waals surface area contributed by atoms with Gasteiger partial charge in [-0.2, -0.15) is 0 Å². The highest BCUT2D eigenvalue weighted by molar-refractivity contribution is 5.84. The molecular formula is C12H21NO5. The molecule has 6 nitrogen and oxygen atoms in total. The maximum atomic E-state index is 11.6. The molecule has 18 heavy (non-hydrogen) atoms. The first kappa shape index (κ1) is 14.9. The van der Waals surface area contributed by atoms with Crippen LogP contribution >= 0.6 is 0 Å². The molecule has 1 aliphatic heterocycles. The Morgan fingerprint density at radius 3 is 2.50 bits per heavy atom. The Hall–Kier alpha value is -1.14. The van der Waals surface area contributed by atoms with E-state index in [0.717, 1.165) is 12.8 Å². The van der Waals surface area contributed by atoms with Crippen LogP contribution in [-0.4, -0.2) is 48.9 Å². The van der Waals surface area contributed by atoms with Gasteiger partial charge in [0.25, 0.3) is 0 Å². The third-order valence-electron chi connectivity index (χ3n) is 2.87. The molecule has 1 rings (SSSR count). The molecule has 1 amide bonds. The van der Waals surface area contributed by atoms with Crippen molar-refractivity contribution in [1.29, 1.82) is 0 Å². The Morgan fingerprint density at radius 1 is 1.39 bits per heavy atom. The summed E-state index contributed by atoms with van der Waals surface area (Å²) in [5.41, 5.74) is 0. The van der Waals surface area contributed by atoms with Crippen LogP contribution in [0.2, 0.25) is 0 Å². The predicted octanol–water partition coefficient (Wildman–Crippen LogP) is 0.407. The molecule has 0 bridgehead atoms. The molecule has 2 N–H and O–H groups in total. The highest BCUT2D eigenvalue weighted by Crippen LogP contribution is 2.10. The Bertz CT molecular complexity index is 286. The second kappa shape index (κ2) is 7.33. The van der Waals surface area contributed by atoms with E-state index in [2.05, 4.69) is 5.32 Å². The molecular weight excluding hydrogens is 238 g/mol. The Balaban J connectivity index is 2.29. The first-order valence-electron chi connectivity index (χ1n) is 6.22. The van der Waals surface area contributed by atoms with Crippen LogP contribution in [0.3, 0.4) is 0 Å². The number of aliphatic carboxylic acids is 1. The van der Waals surface area contributed by atoms with E-state index < -0.39 is 12.0 Å². The predicted molar refractivity (Wildman–Crippen MR) is 64.2 cm³/mol. The third kappa shape index (κ3) is 5.01.